The highest BCUT2D eigenvalue weighted by molar-refractivity contribution is 8.18. The Morgan fingerprint density at radius 2 is 1.96 bits per heavy atom. The van der Waals surface area contributed by atoms with Crippen molar-refractivity contribution < 1.29 is 23.6 Å². The summed E-state index contributed by atoms with van der Waals surface area (Å²) in [5.41, 5.74) is 0.225. The molecule has 4 amide bonds. The largest absolute Gasteiger partial charge is 0.353 e. The molecular formula is C18H18FN3O4S. The SMILES string of the molecule is O=C(CNC(=O)C1CC1)NCCN1C(=O)S/C(=C\c2ccccc2F)C1=O. The molecule has 0 spiro atoms. The third-order valence-electron chi connectivity index (χ3n) is 4.09. The first-order valence-electron chi connectivity index (χ1n) is 8.50. The average molecular weight is 391 g/mol. The molecule has 2 aliphatic rings. The molecule has 0 aromatic heterocycles. The van der Waals surface area contributed by atoms with Gasteiger partial charge in [-0.05, 0) is 36.7 Å². The normalized spacial score (nSPS) is 18.1. The van der Waals surface area contributed by atoms with Gasteiger partial charge < -0.3 is 10.6 Å². The van der Waals surface area contributed by atoms with Crippen molar-refractivity contribution in [3.8, 4) is 0 Å². The van der Waals surface area contributed by atoms with Crippen LogP contribution in [0.5, 0.6) is 0 Å². The molecule has 1 saturated carbocycles. The summed E-state index contributed by atoms with van der Waals surface area (Å²) in [7, 11) is 0. The highest BCUT2D eigenvalue weighted by atomic mass is 32.2. The van der Waals surface area contributed by atoms with Crippen molar-refractivity contribution in [2.75, 3.05) is 19.6 Å². The molecule has 1 aliphatic heterocycles. The fourth-order valence-electron chi connectivity index (χ4n) is 2.45. The van der Waals surface area contributed by atoms with Crippen LogP contribution in [0.15, 0.2) is 29.2 Å². The molecule has 2 fully saturated rings. The van der Waals surface area contributed by atoms with E-state index in [-0.39, 0.29) is 41.9 Å². The summed E-state index contributed by atoms with van der Waals surface area (Å²) in [6, 6.07) is 5.96. The summed E-state index contributed by atoms with van der Waals surface area (Å²) >= 11 is 0.731. The number of hydrogen-bond donors (Lipinski definition) is 2. The molecule has 0 bridgehead atoms. The highest BCUT2D eigenvalue weighted by Gasteiger charge is 2.35. The Hall–Kier alpha value is -2.68. The van der Waals surface area contributed by atoms with Gasteiger partial charge in [0.1, 0.15) is 5.82 Å². The molecule has 7 nitrogen and oxygen atoms in total. The molecule has 3 rings (SSSR count). The number of hydrogen-bond acceptors (Lipinski definition) is 5. The molecule has 2 N–H and O–H groups in total. The van der Waals surface area contributed by atoms with Gasteiger partial charge in [-0.2, -0.15) is 0 Å². The Morgan fingerprint density at radius 3 is 2.67 bits per heavy atom. The van der Waals surface area contributed by atoms with E-state index in [1.165, 1.54) is 24.3 Å². The van der Waals surface area contributed by atoms with Crippen molar-refractivity contribution in [2.45, 2.75) is 12.8 Å². The lowest BCUT2D eigenvalue weighted by Crippen LogP contribution is -2.41. The zero-order chi connectivity index (χ0) is 19.4. The van der Waals surface area contributed by atoms with Crippen molar-refractivity contribution >= 4 is 40.8 Å². The first-order valence-corrected chi connectivity index (χ1v) is 9.31. The number of rotatable bonds is 7. The van der Waals surface area contributed by atoms with Crippen LogP contribution >= 0.6 is 11.8 Å². The van der Waals surface area contributed by atoms with Gasteiger partial charge in [-0.3, -0.25) is 24.1 Å². The van der Waals surface area contributed by atoms with Crippen molar-refractivity contribution in [2.24, 2.45) is 5.92 Å². The van der Waals surface area contributed by atoms with Crippen LogP contribution in [0.25, 0.3) is 6.08 Å². The smallest absolute Gasteiger partial charge is 0.293 e. The number of benzene rings is 1. The first kappa shape index (κ1) is 19.1. The quantitative estimate of drug-likeness (QED) is 0.687. The van der Waals surface area contributed by atoms with Gasteiger partial charge in [0, 0.05) is 24.6 Å². The minimum atomic E-state index is -0.524. The zero-order valence-electron chi connectivity index (χ0n) is 14.4. The van der Waals surface area contributed by atoms with Gasteiger partial charge in [-0.25, -0.2) is 4.39 Å². The molecular weight excluding hydrogens is 373 g/mol. The van der Waals surface area contributed by atoms with Gasteiger partial charge in [0.15, 0.2) is 0 Å². The number of thioether (sulfide) groups is 1. The minimum absolute atomic E-state index is 0.00158. The van der Waals surface area contributed by atoms with Crippen molar-refractivity contribution in [1.82, 2.24) is 15.5 Å². The van der Waals surface area contributed by atoms with E-state index in [4.69, 9.17) is 0 Å². The van der Waals surface area contributed by atoms with Crippen LogP contribution in [0.3, 0.4) is 0 Å². The molecule has 27 heavy (non-hydrogen) atoms. The van der Waals surface area contributed by atoms with Crippen LogP contribution in [-0.4, -0.2) is 47.5 Å². The molecule has 1 aliphatic carbocycles. The Labute approximate surface area is 159 Å². The number of carbonyl (C=O) groups is 4. The second kappa shape index (κ2) is 8.34. The lowest BCUT2D eigenvalue weighted by molar-refractivity contribution is -0.127. The van der Waals surface area contributed by atoms with Gasteiger partial charge in [0.25, 0.3) is 11.1 Å². The molecule has 1 heterocycles. The molecule has 1 aromatic rings. The Balaban J connectivity index is 1.48. The number of halogens is 1. The van der Waals surface area contributed by atoms with Gasteiger partial charge >= 0.3 is 0 Å². The summed E-state index contributed by atoms with van der Waals surface area (Å²) in [6.07, 6.45) is 3.05. The lowest BCUT2D eigenvalue weighted by Gasteiger charge is -2.13. The van der Waals surface area contributed by atoms with E-state index in [1.54, 1.807) is 6.07 Å². The molecule has 142 valence electrons. The third kappa shape index (κ3) is 4.94. The maximum absolute atomic E-state index is 13.7. The van der Waals surface area contributed by atoms with Crippen LogP contribution in [0.4, 0.5) is 9.18 Å². The summed E-state index contributed by atoms with van der Waals surface area (Å²) in [6.45, 7) is -0.0604. The number of nitrogens with one attached hydrogen (secondary N) is 2. The highest BCUT2D eigenvalue weighted by Crippen LogP contribution is 2.32. The topological polar surface area (TPSA) is 95.6 Å². The summed E-state index contributed by atoms with van der Waals surface area (Å²) in [5.74, 6) is -1.50. The Bertz CT molecular complexity index is 823. The average Bonchev–Trinajstić information content (AvgIpc) is 3.45. The molecule has 1 saturated heterocycles. The minimum Gasteiger partial charge on any atom is -0.353 e. The van der Waals surface area contributed by atoms with Crippen molar-refractivity contribution in [1.29, 1.82) is 0 Å². The Kier molecular flexibility index (Phi) is 5.90. The fourth-order valence-corrected chi connectivity index (χ4v) is 3.31. The van der Waals surface area contributed by atoms with Gasteiger partial charge in [-0.1, -0.05) is 18.2 Å². The van der Waals surface area contributed by atoms with E-state index in [2.05, 4.69) is 10.6 Å². The third-order valence-corrected chi connectivity index (χ3v) is 5.00. The molecule has 0 unspecified atom stereocenters. The summed E-state index contributed by atoms with van der Waals surface area (Å²) < 4.78 is 13.7. The predicted molar refractivity (Wildman–Crippen MR) is 97.8 cm³/mol. The molecule has 1 aromatic carbocycles. The van der Waals surface area contributed by atoms with Crippen LogP contribution in [0.1, 0.15) is 18.4 Å². The maximum Gasteiger partial charge on any atom is 0.293 e. The van der Waals surface area contributed by atoms with Gasteiger partial charge in [0.2, 0.25) is 11.8 Å². The number of nitrogens with zero attached hydrogens (tertiary/aromatic N) is 1. The Morgan fingerprint density at radius 1 is 1.22 bits per heavy atom. The van der Waals surface area contributed by atoms with Crippen LogP contribution in [0, 0.1) is 11.7 Å². The van der Waals surface area contributed by atoms with Crippen molar-refractivity contribution in [3.05, 3.63) is 40.6 Å². The van der Waals surface area contributed by atoms with Crippen LogP contribution in [-0.2, 0) is 14.4 Å². The van der Waals surface area contributed by atoms with E-state index in [1.807, 2.05) is 0 Å². The second-order valence-electron chi connectivity index (χ2n) is 6.20. The van der Waals surface area contributed by atoms with Crippen LogP contribution in [0.2, 0.25) is 0 Å². The van der Waals surface area contributed by atoms with E-state index < -0.39 is 22.9 Å². The van der Waals surface area contributed by atoms with E-state index in [9.17, 15) is 23.6 Å². The predicted octanol–water partition coefficient (Wildman–Crippen LogP) is 1.50. The van der Waals surface area contributed by atoms with E-state index in [0.29, 0.717) is 0 Å². The molecule has 0 radical (unpaired) electrons. The number of amides is 4. The zero-order valence-corrected chi connectivity index (χ0v) is 15.2. The van der Waals surface area contributed by atoms with Crippen LogP contribution < -0.4 is 10.6 Å². The van der Waals surface area contributed by atoms with Gasteiger partial charge in [-0.15, -0.1) is 0 Å². The summed E-state index contributed by atoms with van der Waals surface area (Å²) in [4.78, 5) is 48.6. The number of imide groups is 1. The lowest BCUT2D eigenvalue weighted by atomic mass is 10.2. The fraction of sp³-hybridized carbons (Fsp3) is 0.333. The standard InChI is InChI=1S/C18H18FN3O4S/c19-13-4-2-1-3-12(13)9-14-17(25)22(18(26)27-14)8-7-20-15(23)10-21-16(24)11-5-6-11/h1-4,9,11H,5-8,10H2,(H,20,23)(H,21,24)/b14-9-. The monoisotopic (exact) mass is 391 g/mol. The first-order chi connectivity index (χ1) is 13.0. The maximum atomic E-state index is 13.7. The second-order valence-corrected chi connectivity index (χ2v) is 7.19. The van der Waals surface area contributed by atoms with Gasteiger partial charge in [0.05, 0.1) is 11.4 Å². The molecule has 9 heteroatoms. The van der Waals surface area contributed by atoms with E-state index in [0.717, 1.165) is 29.5 Å². The van der Waals surface area contributed by atoms with Crippen molar-refractivity contribution in [3.63, 3.8) is 0 Å². The summed E-state index contributed by atoms with van der Waals surface area (Å²) in [5, 5.41) is 4.61. The van der Waals surface area contributed by atoms with E-state index >= 15 is 0 Å². The number of carbonyl (C=O) groups excluding carboxylic acids is 4. The molecule has 0 atom stereocenters.